The summed E-state index contributed by atoms with van der Waals surface area (Å²) in [5.74, 6) is 3.08. The van der Waals surface area contributed by atoms with E-state index in [1.165, 1.54) is 29.5 Å². The Kier molecular flexibility index (Phi) is 4.85. The van der Waals surface area contributed by atoms with Gasteiger partial charge in [0.05, 0.1) is 6.61 Å². The van der Waals surface area contributed by atoms with Gasteiger partial charge in [-0.1, -0.05) is 97.1 Å². The molecule has 3 aromatic rings. The minimum atomic E-state index is -0.585. The molecule has 2 aliphatic carbocycles. The number of benzene rings is 3. The molecule has 0 spiro atoms. The van der Waals surface area contributed by atoms with Crippen LogP contribution in [0.5, 0.6) is 0 Å². The van der Waals surface area contributed by atoms with Gasteiger partial charge in [0, 0.05) is 0 Å². The summed E-state index contributed by atoms with van der Waals surface area (Å²) in [4.78, 5) is 0. The number of ether oxygens (including phenoxy) is 1. The maximum atomic E-state index is 6.96. The zero-order valence-corrected chi connectivity index (χ0v) is 16.8. The second kappa shape index (κ2) is 7.65. The van der Waals surface area contributed by atoms with E-state index in [1.807, 2.05) is 0 Å². The largest absolute Gasteiger partial charge is 0.361 e. The van der Waals surface area contributed by atoms with Gasteiger partial charge in [-0.15, -0.1) is 6.58 Å². The fraction of sp³-hybridized carbons (Fsp3) is 0.286. The van der Waals surface area contributed by atoms with Gasteiger partial charge in [0.15, 0.2) is 0 Å². The standard InChI is InChI=1S/C28H28O/c1-2-21-18-26(21)27-19-22(27)20-29-28(23-12-6-3-7-13-23,24-14-8-4-9-15-24)25-16-10-5-11-17-25/h2-17,21-22,26-27H,1,18-20H2/t21-,22+,26+,27-/m1/s1. The SMILES string of the molecule is C=C[C@@H]1C[C@@H]1[C@@H]1C[C@H]1COC(c1ccccc1)(c1ccccc1)c1ccccc1. The van der Waals surface area contributed by atoms with Crippen LogP contribution in [0.25, 0.3) is 0 Å². The third-order valence-electron chi connectivity index (χ3n) is 6.78. The first-order chi connectivity index (χ1) is 14.3. The van der Waals surface area contributed by atoms with E-state index < -0.39 is 5.60 Å². The molecule has 0 aromatic heterocycles. The lowest BCUT2D eigenvalue weighted by atomic mass is 9.80. The lowest BCUT2D eigenvalue weighted by Crippen LogP contribution is -2.33. The van der Waals surface area contributed by atoms with E-state index in [1.54, 1.807) is 0 Å². The fourth-order valence-electron chi connectivity index (χ4n) is 4.99. The summed E-state index contributed by atoms with van der Waals surface area (Å²) >= 11 is 0. The lowest BCUT2D eigenvalue weighted by molar-refractivity contribution is 0.00389. The molecule has 0 N–H and O–H groups in total. The Balaban J connectivity index is 1.51. The molecule has 2 saturated carbocycles. The second-order valence-corrected chi connectivity index (χ2v) is 8.55. The van der Waals surface area contributed by atoms with E-state index in [0.717, 1.165) is 24.4 Å². The fourth-order valence-corrected chi connectivity index (χ4v) is 4.99. The van der Waals surface area contributed by atoms with Crippen molar-refractivity contribution in [2.45, 2.75) is 18.4 Å². The molecule has 2 fully saturated rings. The molecular formula is C28H28O. The van der Waals surface area contributed by atoms with Gasteiger partial charge in [0.1, 0.15) is 5.60 Å². The predicted molar refractivity (Wildman–Crippen MR) is 119 cm³/mol. The highest BCUT2D eigenvalue weighted by molar-refractivity contribution is 5.47. The summed E-state index contributed by atoms with van der Waals surface area (Å²) < 4.78 is 6.96. The van der Waals surface area contributed by atoms with Crippen molar-refractivity contribution in [1.29, 1.82) is 0 Å². The molecule has 0 radical (unpaired) electrons. The van der Waals surface area contributed by atoms with E-state index in [2.05, 4.69) is 104 Å². The molecule has 0 bridgehead atoms. The molecule has 5 rings (SSSR count). The van der Waals surface area contributed by atoms with Crippen molar-refractivity contribution in [3.05, 3.63) is 120 Å². The van der Waals surface area contributed by atoms with Crippen LogP contribution in [0.2, 0.25) is 0 Å². The molecule has 4 atom stereocenters. The number of hydrogen-bond acceptors (Lipinski definition) is 1. The van der Waals surface area contributed by atoms with E-state index in [9.17, 15) is 0 Å². The molecule has 1 nitrogen and oxygen atoms in total. The zero-order chi connectivity index (χ0) is 19.7. The molecule has 0 amide bonds. The van der Waals surface area contributed by atoms with Crippen molar-refractivity contribution in [1.82, 2.24) is 0 Å². The smallest absolute Gasteiger partial charge is 0.143 e. The number of rotatable bonds is 8. The highest BCUT2D eigenvalue weighted by atomic mass is 16.5. The third-order valence-corrected chi connectivity index (χ3v) is 6.78. The van der Waals surface area contributed by atoms with Gasteiger partial charge >= 0.3 is 0 Å². The van der Waals surface area contributed by atoms with Crippen LogP contribution < -0.4 is 0 Å². The maximum absolute atomic E-state index is 6.96. The van der Waals surface area contributed by atoms with Gasteiger partial charge in [-0.2, -0.15) is 0 Å². The lowest BCUT2D eigenvalue weighted by Gasteiger charge is -2.36. The Morgan fingerprint density at radius 1 is 0.724 bits per heavy atom. The average molecular weight is 381 g/mol. The Morgan fingerprint density at radius 2 is 1.21 bits per heavy atom. The predicted octanol–water partition coefficient (Wildman–Crippen LogP) is 6.45. The summed E-state index contributed by atoms with van der Waals surface area (Å²) in [5, 5.41) is 0. The molecule has 29 heavy (non-hydrogen) atoms. The molecule has 2 aliphatic rings. The first-order valence-electron chi connectivity index (χ1n) is 10.8. The van der Waals surface area contributed by atoms with Crippen molar-refractivity contribution >= 4 is 0 Å². The molecule has 1 heteroatoms. The summed E-state index contributed by atoms with van der Waals surface area (Å²) in [6, 6.07) is 32.0. The molecule has 0 heterocycles. The van der Waals surface area contributed by atoms with Crippen molar-refractivity contribution in [3.63, 3.8) is 0 Å². The van der Waals surface area contributed by atoms with Crippen LogP contribution in [0.15, 0.2) is 104 Å². The van der Waals surface area contributed by atoms with Crippen LogP contribution in [0.4, 0.5) is 0 Å². The van der Waals surface area contributed by atoms with E-state index in [4.69, 9.17) is 4.74 Å². The molecule has 0 aliphatic heterocycles. The van der Waals surface area contributed by atoms with Crippen LogP contribution in [0, 0.1) is 23.7 Å². The highest BCUT2D eigenvalue weighted by Crippen LogP contribution is 2.58. The third kappa shape index (κ3) is 3.45. The van der Waals surface area contributed by atoms with Gasteiger partial charge in [-0.25, -0.2) is 0 Å². The van der Waals surface area contributed by atoms with Crippen LogP contribution in [-0.2, 0) is 10.3 Å². The van der Waals surface area contributed by atoms with Gasteiger partial charge in [0.2, 0.25) is 0 Å². The molecule has 3 aromatic carbocycles. The summed E-state index contributed by atoms with van der Waals surface area (Å²) in [7, 11) is 0. The summed E-state index contributed by atoms with van der Waals surface area (Å²) in [5.41, 5.74) is 2.97. The van der Waals surface area contributed by atoms with Gasteiger partial charge in [-0.3, -0.25) is 0 Å². The Bertz CT molecular complexity index is 851. The van der Waals surface area contributed by atoms with Gasteiger partial charge in [0.25, 0.3) is 0 Å². The first kappa shape index (κ1) is 18.4. The van der Waals surface area contributed by atoms with Crippen molar-refractivity contribution in [2.24, 2.45) is 23.7 Å². The van der Waals surface area contributed by atoms with Crippen molar-refractivity contribution in [3.8, 4) is 0 Å². The van der Waals surface area contributed by atoms with E-state index in [0.29, 0.717) is 5.92 Å². The van der Waals surface area contributed by atoms with Crippen LogP contribution in [-0.4, -0.2) is 6.61 Å². The normalized spacial score (nSPS) is 25.4. The Labute approximate surface area is 174 Å². The van der Waals surface area contributed by atoms with Crippen LogP contribution in [0.1, 0.15) is 29.5 Å². The van der Waals surface area contributed by atoms with Gasteiger partial charge < -0.3 is 4.74 Å². The van der Waals surface area contributed by atoms with E-state index in [-0.39, 0.29) is 0 Å². The highest BCUT2D eigenvalue weighted by Gasteiger charge is 2.53. The summed E-state index contributed by atoms with van der Waals surface area (Å²) in [6.07, 6.45) is 4.76. The first-order valence-corrected chi connectivity index (χ1v) is 10.8. The van der Waals surface area contributed by atoms with Crippen LogP contribution >= 0.6 is 0 Å². The quantitative estimate of drug-likeness (QED) is 0.322. The van der Waals surface area contributed by atoms with Gasteiger partial charge in [-0.05, 0) is 53.2 Å². The Morgan fingerprint density at radius 3 is 1.62 bits per heavy atom. The molecule has 0 saturated heterocycles. The zero-order valence-electron chi connectivity index (χ0n) is 16.8. The summed E-state index contributed by atoms with van der Waals surface area (Å²) in [6.45, 7) is 4.78. The number of allylic oxidation sites excluding steroid dienone is 1. The maximum Gasteiger partial charge on any atom is 0.143 e. The minimum Gasteiger partial charge on any atom is -0.361 e. The Hall–Kier alpha value is -2.64. The van der Waals surface area contributed by atoms with Crippen LogP contribution in [0.3, 0.4) is 0 Å². The molecule has 146 valence electrons. The van der Waals surface area contributed by atoms with Crippen molar-refractivity contribution < 1.29 is 4.74 Å². The van der Waals surface area contributed by atoms with Crippen molar-refractivity contribution in [2.75, 3.05) is 6.61 Å². The topological polar surface area (TPSA) is 9.23 Å². The average Bonchev–Trinajstić information content (AvgIpc) is 3.71. The number of hydrogen-bond donors (Lipinski definition) is 0. The molecule has 0 unspecified atom stereocenters. The van der Waals surface area contributed by atoms with E-state index >= 15 is 0 Å². The second-order valence-electron chi connectivity index (χ2n) is 8.55. The minimum absolute atomic E-state index is 0.585. The monoisotopic (exact) mass is 380 g/mol. The molecular weight excluding hydrogens is 352 g/mol.